The van der Waals surface area contributed by atoms with Crippen molar-refractivity contribution in [1.29, 1.82) is 0 Å². The van der Waals surface area contributed by atoms with E-state index in [4.69, 9.17) is 9.47 Å². The topological polar surface area (TPSA) is 51.9 Å². The van der Waals surface area contributed by atoms with E-state index in [1.165, 1.54) is 12.1 Å². The summed E-state index contributed by atoms with van der Waals surface area (Å²) >= 11 is 0. The lowest BCUT2D eigenvalue weighted by atomic mass is 10.1. The fourth-order valence-electron chi connectivity index (χ4n) is 2.97. The van der Waals surface area contributed by atoms with E-state index >= 15 is 0 Å². The second-order valence-electron chi connectivity index (χ2n) is 6.23. The molecule has 0 saturated carbocycles. The van der Waals surface area contributed by atoms with Gasteiger partial charge < -0.3 is 9.47 Å². The van der Waals surface area contributed by atoms with Gasteiger partial charge in [-0.1, -0.05) is 0 Å². The van der Waals surface area contributed by atoms with Crippen LogP contribution in [0.3, 0.4) is 0 Å². The third-order valence-electron chi connectivity index (χ3n) is 4.29. The van der Waals surface area contributed by atoms with E-state index in [2.05, 4.69) is 15.0 Å². The van der Waals surface area contributed by atoms with Crippen LogP contribution in [0.5, 0.6) is 11.6 Å². The molecule has 0 fully saturated rings. The van der Waals surface area contributed by atoms with E-state index in [-0.39, 0.29) is 5.82 Å². The lowest BCUT2D eigenvalue weighted by Gasteiger charge is -2.19. The highest BCUT2D eigenvalue weighted by Crippen LogP contribution is 2.30. The van der Waals surface area contributed by atoms with E-state index in [9.17, 15) is 4.39 Å². The zero-order valence-electron chi connectivity index (χ0n) is 14.1. The minimum absolute atomic E-state index is 0.319. The van der Waals surface area contributed by atoms with Gasteiger partial charge in [0.1, 0.15) is 24.3 Å². The van der Waals surface area contributed by atoms with Gasteiger partial charge in [0.2, 0.25) is 5.88 Å². The molecular weight excluding hydrogens is 323 g/mol. The van der Waals surface area contributed by atoms with Crippen LogP contribution < -0.4 is 9.47 Å². The fraction of sp³-hybridized carbons (Fsp3) is 0.333. The van der Waals surface area contributed by atoms with Gasteiger partial charge in [-0.2, -0.15) is 10.1 Å². The first kappa shape index (κ1) is 15.8. The zero-order chi connectivity index (χ0) is 17.4. The standard InChI is InChI=1S/C18H19FN4O2/c1-12-15-9-14(19)3-4-16(15)24-8-7-22(2)11-13-10-20-23-6-5-17(25-12)21-18(13)23/h3-6,9-10,12H,7-8,11H2,1-2H3/t12-/m1/s1. The first-order valence-electron chi connectivity index (χ1n) is 8.21. The maximum absolute atomic E-state index is 13.7. The second kappa shape index (κ2) is 6.33. The average molecular weight is 342 g/mol. The molecule has 0 saturated heterocycles. The first-order valence-corrected chi connectivity index (χ1v) is 8.21. The van der Waals surface area contributed by atoms with Crippen LogP contribution in [0.25, 0.3) is 5.65 Å². The van der Waals surface area contributed by atoms with Crippen LogP contribution in [0.2, 0.25) is 0 Å². The molecule has 0 unspecified atom stereocenters. The van der Waals surface area contributed by atoms with Gasteiger partial charge in [0.15, 0.2) is 5.65 Å². The molecular formula is C18H19FN4O2. The summed E-state index contributed by atoms with van der Waals surface area (Å²) in [5, 5.41) is 4.32. The molecule has 0 spiro atoms. The van der Waals surface area contributed by atoms with E-state index < -0.39 is 6.10 Å². The number of nitrogens with zero attached hydrogens (tertiary/aromatic N) is 4. The van der Waals surface area contributed by atoms with Crippen LogP contribution in [0, 0.1) is 5.82 Å². The molecule has 0 radical (unpaired) electrons. The largest absolute Gasteiger partial charge is 0.492 e. The maximum atomic E-state index is 13.7. The Bertz CT molecular complexity index is 911. The predicted molar refractivity (Wildman–Crippen MR) is 90.3 cm³/mol. The van der Waals surface area contributed by atoms with Crippen molar-refractivity contribution in [2.45, 2.75) is 19.6 Å². The third-order valence-corrected chi connectivity index (χ3v) is 4.29. The van der Waals surface area contributed by atoms with Crippen LogP contribution >= 0.6 is 0 Å². The number of rotatable bonds is 0. The predicted octanol–water partition coefficient (Wildman–Crippen LogP) is 2.83. The van der Waals surface area contributed by atoms with Crippen LogP contribution in [0.15, 0.2) is 36.7 Å². The van der Waals surface area contributed by atoms with E-state index in [0.717, 1.165) is 17.8 Å². The molecule has 3 aromatic rings. The first-order chi connectivity index (χ1) is 12.1. The molecule has 1 aromatic carbocycles. The van der Waals surface area contributed by atoms with Gasteiger partial charge in [-0.3, -0.25) is 4.90 Å². The van der Waals surface area contributed by atoms with Gasteiger partial charge in [-0.05, 0) is 32.2 Å². The molecule has 1 aliphatic heterocycles. The van der Waals surface area contributed by atoms with Crippen LogP contribution in [-0.4, -0.2) is 39.7 Å². The Kier molecular flexibility index (Phi) is 4.01. The minimum Gasteiger partial charge on any atom is -0.492 e. The molecule has 2 aromatic heterocycles. The van der Waals surface area contributed by atoms with Crippen molar-refractivity contribution in [2.75, 3.05) is 20.2 Å². The number of likely N-dealkylation sites (N-methyl/N-ethyl adjacent to an activating group) is 1. The Balaban J connectivity index is 1.78. The Morgan fingerprint density at radius 2 is 2.16 bits per heavy atom. The molecule has 3 heterocycles. The van der Waals surface area contributed by atoms with Crippen LogP contribution in [0.4, 0.5) is 4.39 Å². The molecule has 0 amide bonds. The summed E-state index contributed by atoms with van der Waals surface area (Å²) in [7, 11) is 2.01. The van der Waals surface area contributed by atoms with Crippen molar-refractivity contribution in [2.24, 2.45) is 0 Å². The Labute approximate surface area is 144 Å². The lowest BCUT2D eigenvalue weighted by Crippen LogP contribution is -2.24. The third kappa shape index (κ3) is 3.15. The monoisotopic (exact) mass is 342 g/mol. The maximum Gasteiger partial charge on any atom is 0.217 e. The average Bonchev–Trinajstić information content (AvgIpc) is 2.97. The number of hydrogen-bond donors (Lipinski definition) is 0. The molecule has 0 N–H and O–H groups in total. The number of halogens is 1. The molecule has 1 atom stereocenters. The molecule has 2 bridgehead atoms. The Morgan fingerprint density at radius 1 is 1.28 bits per heavy atom. The summed E-state index contributed by atoms with van der Waals surface area (Å²) in [5.41, 5.74) is 2.44. The summed E-state index contributed by atoms with van der Waals surface area (Å²) in [6, 6.07) is 6.25. The molecule has 25 heavy (non-hydrogen) atoms. The summed E-state index contributed by atoms with van der Waals surface area (Å²) in [4.78, 5) is 6.71. The number of hydrogen-bond acceptors (Lipinski definition) is 5. The quantitative estimate of drug-likeness (QED) is 0.629. The molecule has 1 aliphatic rings. The van der Waals surface area contributed by atoms with Crippen molar-refractivity contribution in [3.05, 3.63) is 53.6 Å². The minimum atomic E-state index is -0.398. The fourth-order valence-corrected chi connectivity index (χ4v) is 2.97. The number of ether oxygens (including phenoxy) is 2. The van der Waals surface area contributed by atoms with Crippen molar-refractivity contribution in [3.8, 4) is 11.6 Å². The Hall–Kier alpha value is -2.67. The van der Waals surface area contributed by atoms with Crippen molar-refractivity contribution < 1.29 is 13.9 Å². The number of benzene rings is 1. The van der Waals surface area contributed by atoms with Crippen molar-refractivity contribution >= 4 is 5.65 Å². The van der Waals surface area contributed by atoms with Gasteiger partial charge >= 0.3 is 0 Å². The van der Waals surface area contributed by atoms with E-state index in [1.807, 2.05) is 26.4 Å². The highest BCUT2D eigenvalue weighted by atomic mass is 19.1. The molecule has 6 nitrogen and oxygen atoms in total. The number of fused-ring (bicyclic) bond motifs is 2. The number of aromatic nitrogens is 3. The summed E-state index contributed by atoms with van der Waals surface area (Å²) in [6.07, 6.45) is 3.23. The van der Waals surface area contributed by atoms with Gasteiger partial charge in [0.25, 0.3) is 0 Å². The van der Waals surface area contributed by atoms with Crippen molar-refractivity contribution in [1.82, 2.24) is 19.5 Å². The Morgan fingerprint density at radius 3 is 3.04 bits per heavy atom. The second-order valence-corrected chi connectivity index (χ2v) is 6.23. The zero-order valence-corrected chi connectivity index (χ0v) is 14.1. The summed E-state index contributed by atoms with van der Waals surface area (Å²) in [6.45, 7) is 3.78. The van der Waals surface area contributed by atoms with Crippen molar-refractivity contribution in [3.63, 3.8) is 0 Å². The SMILES string of the molecule is C[C@H]1Oc2ccn3ncc(c3n2)CN(C)CCOc2ccc(F)cc21. The van der Waals surface area contributed by atoms with Crippen LogP contribution in [0.1, 0.15) is 24.2 Å². The van der Waals surface area contributed by atoms with Gasteiger partial charge in [-0.15, -0.1) is 0 Å². The van der Waals surface area contributed by atoms with Gasteiger partial charge in [0, 0.05) is 36.5 Å². The van der Waals surface area contributed by atoms with Crippen LogP contribution in [-0.2, 0) is 6.54 Å². The lowest BCUT2D eigenvalue weighted by molar-refractivity contribution is 0.200. The van der Waals surface area contributed by atoms with E-state index in [1.54, 1.807) is 16.6 Å². The summed E-state index contributed by atoms with van der Waals surface area (Å²) < 4.78 is 27.3. The normalized spacial score (nSPS) is 18.6. The summed E-state index contributed by atoms with van der Waals surface area (Å²) in [5.74, 6) is 0.783. The molecule has 7 heteroatoms. The molecule has 0 aliphatic carbocycles. The highest BCUT2D eigenvalue weighted by Gasteiger charge is 2.18. The smallest absolute Gasteiger partial charge is 0.217 e. The molecule has 4 rings (SSSR count). The highest BCUT2D eigenvalue weighted by molar-refractivity contribution is 5.47. The van der Waals surface area contributed by atoms with Gasteiger partial charge in [-0.25, -0.2) is 8.91 Å². The van der Waals surface area contributed by atoms with Gasteiger partial charge in [0.05, 0.1) is 6.20 Å². The van der Waals surface area contributed by atoms with E-state index in [0.29, 0.717) is 30.3 Å². The molecule has 130 valence electrons.